The number of carbonyl (C=O) groups is 1. The van der Waals surface area contributed by atoms with Crippen LogP contribution in [0.1, 0.15) is 41.0 Å². The molecule has 0 aliphatic heterocycles. The molecule has 17 heavy (non-hydrogen) atoms. The Kier molecular flexibility index (Phi) is 6.49. The fourth-order valence-corrected chi connectivity index (χ4v) is 1.35. The summed E-state index contributed by atoms with van der Waals surface area (Å²) in [6.07, 6.45) is -0.620. The van der Waals surface area contributed by atoms with Crippen LogP contribution in [0.2, 0.25) is 0 Å². The van der Waals surface area contributed by atoms with Crippen LogP contribution in [-0.4, -0.2) is 35.5 Å². The first-order valence-corrected chi connectivity index (χ1v) is 6.03. The van der Waals surface area contributed by atoms with Gasteiger partial charge in [-0.2, -0.15) is 0 Å². The quantitative estimate of drug-likeness (QED) is 0.681. The Balaban J connectivity index is 4.30. The smallest absolute Gasteiger partial charge is 0.407 e. The number of hydrogen-bond donors (Lipinski definition) is 3. The molecule has 0 aromatic heterocycles. The van der Waals surface area contributed by atoms with E-state index >= 15 is 0 Å². The lowest BCUT2D eigenvalue weighted by atomic mass is 9.98. The number of amides is 1. The van der Waals surface area contributed by atoms with Gasteiger partial charge in [0.15, 0.2) is 0 Å². The van der Waals surface area contributed by atoms with Gasteiger partial charge in [0.1, 0.15) is 5.60 Å². The topological polar surface area (TPSA) is 84.6 Å². The second-order valence-electron chi connectivity index (χ2n) is 5.62. The third-order valence-corrected chi connectivity index (χ3v) is 2.30. The molecule has 4 N–H and O–H groups in total. The van der Waals surface area contributed by atoms with Crippen molar-refractivity contribution in [2.24, 2.45) is 11.7 Å². The van der Waals surface area contributed by atoms with Crippen LogP contribution in [0.15, 0.2) is 0 Å². The number of rotatable bonds is 5. The Bertz CT molecular complexity index is 236. The molecule has 0 fully saturated rings. The molecule has 0 heterocycles. The first-order chi connectivity index (χ1) is 7.65. The van der Waals surface area contributed by atoms with E-state index in [2.05, 4.69) is 5.32 Å². The van der Waals surface area contributed by atoms with E-state index in [-0.39, 0.29) is 18.5 Å². The molecular formula is C12H26N2O3. The molecule has 0 saturated carbocycles. The maximum absolute atomic E-state index is 11.6. The van der Waals surface area contributed by atoms with Crippen LogP contribution in [0, 0.1) is 5.92 Å². The normalized spacial score (nSPS) is 15.5. The van der Waals surface area contributed by atoms with Gasteiger partial charge in [0.2, 0.25) is 0 Å². The summed E-state index contributed by atoms with van der Waals surface area (Å²) < 4.78 is 5.17. The molecule has 0 aromatic carbocycles. The Morgan fingerprint density at radius 2 is 1.94 bits per heavy atom. The van der Waals surface area contributed by atoms with Gasteiger partial charge >= 0.3 is 6.09 Å². The SMILES string of the molecule is CC(C)C(CC(O)CN)NC(=O)OC(C)(C)C. The molecule has 5 nitrogen and oxygen atoms in total. The van der Waals surface area contributed by atoms with Gasteiger partial charge in [0.05, 0.1) is 6.10 Å². The van der Waals surface area contributed by atoms with Crippen LogP contribution < -0.4 is 11.1 Å². The number of ether oxygens (including phenoxy) is 1. The summed E-state index contributed by atoms with van der Waals surface area (Å²) in [6, 6.07) is -0.136. The number of nitrogens with one attached hydrogen (secondary N) is 1. The zero-order valence-electron chi connectivity index (χ0n) is 11.5. The number of alkyl carbamates (subject to hydrolysis) is 1. The Morgan fingerprint density at radius 1 is 1.41 bits per heavy atom. The van der Waals surface area contributed by atoms with Crippen LogP contribution in [0.25, 0.3) is 0 Å². The van der Waals surface area contributed by atoms with Crippen molar-refractivity contribution >= 4 is 6.09 Å². The minimum Gasteiger partial charge on any atom is -0.444 e. The monoisotopic (exact) mass is 246 g/mol. The van der Waals surface area contributed by atoms with Gasteiger partial charge in [-0.1, -0.05) is 13.8 Å². The molecule has 2 unspecified atom stereocenters. The number of aliphatic hydroxyl groups excluding tert-OH is 1. The number of aliphatic hydroxyl groups is 1. The van der Waals surface area contributed by atoms with Crippen molar-refractivity contribution in [3.8, 4) is 0 Å². The minimum absolute atomic E-state index is 0.136. The molecule has 0 spiro atoms. The van der Waals surface area contributed by atoms with E-state index in [1.807, 2.05) is 34.6 Å². The Labute approximate surface area is 104 Å². The lowest BCUT2D eigenvalue weighted by Gasteiger charge is -2.27. The highest BCUT2D eigenvalue weighted by molar-refractivity contribution is 5.68. The summed E-state index contributed by atoms with van der Waals surface area (Å²) in [5.74, 6) is 0.212. The van der Waals surface area contributed by atoms with Crippen molar-refractivity contribution in [3.05, 3.63) is 0 Å². The molecule has 0 radical (unpaired) electrons. The molecule has 102 valence electrons. The maximum Gasteiger partial charge on any atom is 0.407 e. The lowest BCUT2D eigenvalue weighted by Crippen LogP contribution is -2.44. The average molecular weight is 246 g/mol. The Morgan fingerprint density at radius 3 is 2.29 bits per heavy atom. The van der Waals surface area contributed by atoms with Gasteiger partial charge in [0, 0.05) is 12.6 Å². The van der Waals surface area contributed by atoms with Crippen molar-refractivity contribution in [3.63, 3.8) is 0 Å². The van der Waals surface area contributed by atoms with Gasteiger partial charge in [-0.15, -0.1) is 0 Å². The van der Waals surface area contributed by atoms with Crippen LogP contribution in [0.5, 0.6) is 0 Å². The lowest BCUT2D eigenvalue weighted by molar-refractivity contribution is 0.0464. The summed E-state index contributed by atoms with van der Waals surface area (Å²) >= 11 is 0. The highest BCUT2D eigenvalue weighted by atomic mass is 16.6. The first-order valence-electron chi connectivity index (χ1n) is 6.03. The number of nitrogens with two attached hydrogens (primary N) is 1. The molecule has 0 aliphatic rings. The van der Waals surface area contributed by atoms with E-state index in [0.717, 1.165) is 0 Å². The molecule has 0 aliphatic carbocycles. The summed E-state index contributed by atoms with van der Waals surface area (Å²) in [5.41, 5.74) is 4.84. The van der Waals surface area contributed by atoms with Crippen molar-refractivity contribution in [2.75, 3.05) is 6.54 Å². The van der Waals surface area contributed by atoms with Gasteiger partial charge in [0.25, 0.3) is 0 Å². The summed E-state index contributed by atoms with van der Waals surface area (Å²) in [6.45, 7) is 9.58. The van der Waals surface area contributed by atoms with Crippen LogP contribution in [-0.2, 0) is 4.74 Å². The molecule has 0 bridgehead atoms. The zero-order valence-corrected chi connectivity index (χ0v) is 11.5. The Hall–Kier alpha value is -0.810. The van der Waals surface area contributed by atoms with Crippen molar-refractivity contribution in [2.45, 2.75) is 58.8 Å². The molecule has 0 aromatic rings. The fraction of sp³-hybridized carbons (Fsp3) is 0.917. The first kappa shape index (κ1) is 16.2. The predicted octanol–water partition coefficient (Wildman–Crippen LogP) is 1.25. The number of carbonyl (C=O) groups excluding carboxylic acids is 1. The standard InChI is InChI=1S/C12H26N2O3/c1-8(2)10(6-9(15)7-13)14-11(16)17-12(3,4)5/h8-10,15H,6-7,13H2,1-5H3,(H,14,16). The van der Waals surface area contributed by atoms with E-state index < -0.39 is 17.8 Å². The van der Waals surface area contributed by atoms with E-state index in [4.69, 9.17) is 10.5 Å². The fourth-order valence-electron chi connectivity index (χ4n) is 1.35. The van der Waals surface area contributed by atoms with Crippen molar-refractivity contribution in [1.82, 2.24) is 5.32 Å². The summed E-state index contributed by atoms with van der Waals surface area (Å²) in [7, 11) is 0. The molecule has 0 saturated heterocycles. The molecular weight excluding hydrogens is 220 g/mol. The third-order valence-electron chi connectivity index (χ3n) is 2.30. The molecule has 0 rings (SSSR count). The van der Waals surface area contributed by atoms with Crippen molar-refractivity contribution < 1.29 is 14.6 Å². The van der Waals surface area contributed by atoms with Crippen LogP contribution >= 0.6 is 0 Å². The van der Waals surface area contributed by atoms with Gasteiger partial charge < -0.3 is 20.9 Å². The van der Waals surface area contributed by atoms with E-state index in [1.54, 1.807) is 0 Å². The molecule has 2 atom stereocenters. The average Bonchev–Trinajstić information content (AvgIpc) is 2.13. The van der Waals surface area contributed by atoms with Gasteiger partial charge in [-0.3, -0.25) is 0 Å². The maximum atomic E-state index is 11.6. The highest BCUT2D eigenvalue weighted by Gasteiger charge is 2.23. The molecule has 1 amide bonds. The van der Waals surface area contributed by atoms with Crippen molar-refractivity contribution in [1.29, 1.82) is 0 Å². The van der Waals surface area contributed by atoms with E-state index in [9.17, 15) is 9.90 Å². The van der Waals surface area contributed by atoms with Gasteiger partial charge in [-0.25, -0.2) is 4.79 Å². The third kappa shape index (κ3) is 7.99. The minimum atomic E-state index is -0.600. The van der Waals surface area contributed by atoms with E-state index in [0.29, 0.717) is 6.42 Å². The predicted molar refractivity (Wildman–Crippen MR) is 67.7 cm³/mol. The second kappa shape index (κ2) is 6.81. The van der Waals surface area contributed by atoms with Crippen LogP contribution in [0.3, 0.4) is 0 Å². The zero-order chi connectivity index (χ0) is 13.6. The number of hydrogen-bond acceptors (Lipinski definition) is 4. The summed E-state index contributed by atoms with van der Waals surface area (Å²) in [5, 5.41) is 12.3. The summed E-state index contributed by atoms with van der Waals surface area (Å²) in [4.78, 5) is 11.6. The molecule has 5 heteroatoms. The highest BCUT2D eigenvalue weighted by Crippen LogP contribution is 2.11. The second-order valence-corrected chi connectivity index (χ2v) is 5.62. The largest absolute Gasteiger partial charge is 0.444 e. The van der Waals surface area contributed by atoms with Crippen LogP contribution in [0.4, 0.5) is 4.79 Å². The van der Waals surface area contributed by atoms with E-state index in [1.165, 1.54) is 0 Å². The van der Waals surface area contributed by atoms with Gasteiger partial charge in [-0.05, 0) is 33.1 Å².